The van der Waals surface area contributed by atoms with Gasteiger partial charge in [-0.1, -0.05) is 12.1 Å². The number of carbonyl (C=O) groups excluding carboxylic acids is 1. The minimum Gasteiger partial charge on any atom is -0.309 e. The predicted molar refractivity (Wildman–Crippen MR) is 70.5 cm³/mol. The van der Waals surface area contributed by atoms with E-state index in [1.807, 2.05) is 34.9 Å². The monoisotopic (exact) mass is 248 g/mol. The van der Waals surface area contributed by atoms with E-state index in [4.69, 9.17) is 0 Å². The SMILES string of the molecule is O=C([C@@H]1CCCN1)N1CCSc2ccccc21. The van der Waals surface area contributed by atoms with E-state index in [0.29, 0.717) is 0 Å². The average Bonchev–Trinajstić information content (AvgIpc) is 2.91. The quantitative estimate of drug-likeness (QED) is 0.823. The van der Waals surface area contributed by atoms with Crippen LogP contribution in [0.5, 0.6) is 0 Å². The van der Waals surface area contributed by atoms with Gasteiger partial charge >= 0.3 is 0 Å². The number of hydrogen-bond donors (Lipinski definition) is 1. The van der Waals surface area contributed by atoms with Crippen LogP contribution in [0.25, 0.3) is 0 Å². The first-order valence-corrected chi connectivity index (χ1v) is 7.11. The highest BCUT2D eigenvalue weighted by Crippen LogP contribution is 2.34. The fourth-order valence-corrected chi connectivity index (χ4v) is 3.48. The van der Waals surface area contributed by atoms with Crippen molar-refractivity contribution in [1.82, 2.24) is 5.32 Å². The van der Waals surface area contributed by atoms with Crippen LogP contribution in [0, 0.1) is 0 Å². The predicted octanol–water partition coefficient (Wildman–Crippen LogP) is 1.88. The summed E-state index contributed by atoms with van der Waals surface area (Å²) < 4.78 is 0. The lowest BCUT2D eigenvalue weighted by Gasteiger charge is -2.30. The van der Waals surface area contributed by atoms with E-state index in [9.17, 15) is 4.79 Å². The van der Waals surface area contributed by atoms with Crippen molar-refractivity contribution in [3.05, 3.63) is 24.3 Å². The number of amides is 1. The summed E-state index contributed by atoms with van der Waals surface area (Å²) >= 11 is 1.84. The van der Waals surface area contributed by atoms with E-state index in [0.717, 1.165) is 37.4 Å². The van der Waals surface area contributed by atoms with Crippen LogP contribution in [0.4, 0.5) is 5.69 Å². The fourth-order valence-electron chi connectivity index (χ4n) is 2.48. The number of nitrogens with one attached hydrogen (secondary N) is 1. The molecule has 0 unspecified atom stereocenters. The van der Waals surface area contributed by atoms with E-state index in [-0.39, 0.29) is 11.9 Å². The molecule has 0 radical (unpaired) electrons. The molecule has 1 fully saturated rings. The van der Waals surface area contributed by atoms with E-state index >= 15 is 0 Å². The second kappa shape index (κ2) is 4.70. The molecule has 1 aromatic carbocycles. The van der Waals surface area contributed by atoms with Gasteiger partial charge < -0.3 is 10.2 Å². The van der Waals surface area contributed by atoms with Crippen molar-refractivity contribution in [1.29, 1.82) is 0 Å². The molecule has 0 spiro atoms. The number of para-hydroxylation sites is 1. The standard InChI is InChI=1S/C13H16N2OS/c16-13(10-4-3-7-14-10)15-8-9-17-12-6-2-1-5-11(12)15/h1-2,5-6,10,14H,3-4,7-9H2/t10-/m0/s1. The molecule has 1 N–H and O–H groups in total. The zero-order chi connectivity index (χ0) is 11.7. The number of thioether (sulfide) groups is 1. The maximum atomic E-state index is 12.4. The topological polar surface area (TPSA) is 32.3 Å². The molecule has 0 saturated carbocycles. The van der Waals surface area contributed by atoms with Crippen molar-refractivity contribution in [3.8, 4) is 0 Å². The van der Waals surface area contributed by atoms with Crippen LogP contribution in [0.1, 0.15) is 12.8 Å². The highest BCUT2D eigenvalue weighted by Gasteiger charge is 2.30. The first-order valence-electron chi connectivity index (χ1n) is 6.13. The zero-order valence-electron chi connectivity index (χ0n) is 9.69. The Morgan fingerprint density at radius 1 is 1.41 bits per heavy atom. The van der Waals surface area contributed by atoms with E-state index in [1.165, 1.54) is 4.90 Å². The Morgan fingerprint density at radius 3 is 3.12 bits per heavy atom. The first-order chi connectivity index (χ1) is 8.36. The van der Waals surface area contributed by atoms with Gasteiger partial charge in [0.05, 0.1) is 11.7 Å². The summed E-state index contributed by atoms with van der Waals surface area (Å²) in [4.78, 5) is 15.6. The molecule has 1 aromatic rings. The molecular weight excluding hydrogens is 232 g/mol. The molecule has 0 aromatic heterocycles. The third-order valence-corrected chi connectivity index (χ3v) is 4.40. The Balaban J connectivity index is 1.86. The van der Waals surface area contributed by atoms with Crippen molar-refractivity contribution < 1.29 is 4.79 Å². The molecule has 2 heterocycles. The first kappa shape index (κ1) is 11.1. The van der Waals surface area contributed by atoms with Gasteiger partial charge in [-0.25, -0.2) is 0 Å². The third kappa shape index (κ3) is 2.07. The maximum Gasteiger partial charge on any atom is 0.244 e. The Kier molecular flexibility index (Phi) is 3.07. The minimum absolute atomic E-state index is 0.0335. The number of hydrogen-bond acceptors (Lipinski definition) is 3. The highest BCUT2D eigenvalue weighted by atomic mass is 32.2. The van der Waals surface area contributed by atoms with Gasteiger partial charge in [0.25, 0.3) is 0 Å². The lowest BCUT2D eigenvalue weighted by molar-refractivity contribution is -0.120. The van der Waals surface area contributed by atoms with Crippen molar-refractivity contribution in [2.45, 2.75) is 23.8 Å². The molecule has 0 aliphatic carbocycles. The summed E-state index contributed by atoms with van der Waals surface area (Å²) in [5.74, 6) is 1.24. The number of carbonyl (C=O) groups is 1. The Hall–Kier alpha value is -1.00. The number of nitrogens with zero attached hydrogens (tertiary/aromatic N) is 1. The molecule has 90 valence electrons. The van der Waals surface area contributed by atoms with Crippen LogP contribution in [0.2, 0.25) is 0 Å². The van der Waals surface area contributed by atoms with Crippen LogP contribution < -0.4 is 10.2 Å². The Morgan fingerprint density at radius 2 is 2.29 bits per heavy atom. The normalized spacial score (nSPS) is 23.5. The van der Waals surface area contributed by atoms with E-state index in [1.54, 1.807) is 0 Å². The van der Waals surface area contributed by atoms with E-state index < -0.39 is 0 Å². The Labute approximate surface area is 106 Å². The number of rotatable bonds is 1. The van der Waals surface area contributed by atoms with Crippen LogP contribution in [0.3, 0.4) is 0 Å². The van der Waals surface area contributed by atoms with Gasteiger partial charge in [-0.05, 0) is 31.5 Å². The van der Waals surface area contributed by atoms with Crippen molar-refractivity contribution in [2.75, 3.05) is 23.7 Å². The molecule has 2 aliphatic heterocycles. The van der Waals surface area contributed by atoms with Crippen molar-refractivity contribution in [3.63, 3.8) is 0 Å². The smallest absolute Gasteiger partial charge is 0.244 e. The largest absolute Gasteiger partial charge is 0.309 e. The molecule has 17 heavy (non-hydrogen) atoms. The van der Waals surface area contributed by atoms with Crippen molar-refractivity contribution >= 4 is 23.4 Å². The van der Waals surface area contributed by atoms with Gasteiger partial charge in [0.1, 0.15) is 0 Å². The van der Waals surface area contributed by atoms with Gasteiger partial charge in [0.15, 0.2) is 0 Å². The molecule has 4 heteroatoms. The van der Waals surface area contributed by atoms with Gasteiger partial charge in [-0.3, -0.25) is 4.79 Å². The van der Waals surface area contributed by atoms with Crippen LogP contribution in [-0.4, -0.2) is 30.8 Å². The summed E-state index contributed by atoms with van der Waals surface area (Å²) in [6.45, 7) is 1.80. The molecule has 0 bridgehead atoms. The van der Waals surface area contributed by atoms with Crippen molar-refractivity contribution in [2.24, 2.45) is 0 Å². The summed E-state index contributed by atoms with van der Waals surface area (Å²) in [6, 6.07) is 8.22. The number of benzene rings is 1. The fraction of sp³-hybridized carbons (Fsp3) is 0.462. The summed E-state index contributed by atoms with van der Waals surface area (Å²) in [7, 11) is 0. The number of anilines is 1. The lowest BCUT2D eigenvalue weighted by atomic mass is 10.2. The number of fused-ring (bicyclic) bond motifs is 1. The third-order valence-electron chi connectivity index (χ3n) is 3.35. The molecule has 1 amide bonds. The van der Waals surface area contributed by atoms with Crippen LogP contribution in [-0.2, 0) is 4.79 Å². The average molecular weight is 248 g/mol. The second-order valence-corrected chi connectivity index (χ2v) is 5.59. The summed E-state index contributed by atoms with van der Waals surface area (Å²) in [5, 5.41) is 3.29. The van der Waals surface area contributed by atoms with Gasteiger partial charge in [-0.2, -0.15) is 0 Å². The molecular formula is C13H16N2OS. The second-order valence-electron chi connectivity index (χ2n) is 4.46. The lowest BCUT2D eigenvalue weighted by Crippen LogP contribution is -2.45. The summed E-state index contributed by atoms with van der Waals surface area (Å²) in [6.07, 6.45) is 2.09. The van der Waals surface area contributed by atoms with E-state index in [2.05, 4.69) is 11.4 Å². The minimum atomic E-state index is 0.0335. The molecule has 3 rings (SSSR count). The molecule has 3 nitrogen and oxygen atoms in total. The molecule has 2 aliphatic rings. The Bertz CT molecular complexity index is 429. The van der Waals surface area contributed by atoms with Gasteiger partial charge in [-0.15, -0.1) is 11.8 Å². The maximum absolute atomic E-state index is 12.4. The van der Waals surface area contributed by atoms with Gasteiger partial charge in [0.2, 0.25) is 5.91 Å². The molecule has 1 saturated heterocycles. The van der Waals surface area contributed by atoms with Crippen LogP contribution >= 0.6 is 11.8 Å². The van der Waals surface area contributed by atoms with Gasteiger partial charge in [0, 0.05) is 17.2 Å². The summed E-state index contributed by atoms with van der Waals surface area (Å²) in [5.41, 5.74) is 1.09. The van der Waals surface area contributed by atoms with Crippen LogP contribution in [0.15, 0.2) is 29.2 Å². The highest BCUT2D eigenvalue weighted by molar-refractivity contribution is 7.99. The zero-order valence-corrected chi connectivity index (χ0v) is 10.5. The molecule has 1 atom stereocenters.